The van der Waals surface area contributed by atoms with Crippen molar-refractivity contribution in [2.45, 2.75) is 12.5 Å². The number of urea groups is 1. The molecule has 1 unspecified atom stereocenters. The van der Waals surface area contributed by atoms with E-state index in [1.165, 1.54) is 18.5 Å². The van der Waals surface area contributed by atoms with Gasteiger partial charge in [0.1, 0.15) is 5.54 Å². The molecule has 1 fully saturated rings. The minimum atomic E-state index is -1.23. The second-order valence-corrected chi connectivity index (χ2v) is 6.31. The van der Waals surface area contributed by atoms with Gasteiger partial charge in [-0.25, -0.2) is 4.79 Å². The minimum Gasteiger partial charge on any atom is -0.318 e. The highest BCUT2D eigenvalue weighted by atomic mass is 79.9. The molecule has 1 saturated heterocycles. The Bertz CT molecular complexity index is 827. The maximum atomic E-state index is 12.7. The molecule has 3 rings (SSSR count). The van der Waals surface area contributed by atoms with E-state index in [2.05, 4.69) is 31.7 Å². The van der Waals surface area contributed by atoms with Crippen LogP contribution in [-0.4, -0.2) is 27.8 Å². The first-order chi connectivity index (χ1) is 11.4. The van der Waals surface area contributed by atoms with Crippen LogP contribution in [0, 0.1) is 0 Å². The molecular weight excluding hydrogens is 376 g/mol. The fraction of sp³-hybridized carbons (Fsp3) is 0.125. The molecule has 24 heavy (non-hydrogen) atoms. The number of imide groups is 1. The topological polar surface area (TPSA) is 91.4 Å². The van der Waals surface area contributed by atoms with Gasteiger partial charge in [0, 0.05) is 16.9 Å². The molecule has 1 aliphatic heterocycles. The van der Waals surface area contributed by atoms with Gasteiger partial charge in [0.05, 0.1) is 5.56 Å². The molecule has 0 radical (unpaired) electrons. The zero-order valence-electron chi connectivity index (χ0n) is 12.6. The lowest BCUT2D eigenvalue weighted by Crippen LogP contribution is -2.47. The van der Waals surface area contributed by atoms with Gasteiger partial charge in [-0.15, -0.1) is 0 Å². The molecule has 1 aliphatic rings. The van der Waals surface area contributed by atoms with E-state index in [1.807, 2.05) is 6.07 Å². The monoisotopic (exact) mass is 388 g/mol. The Morgan fingerprint density at radius 3 is 2.62 bits per heavy atom. The van der Waals surface area contributed by atoms with E-state index in [0.717, 1.165) is 0 Å². The molecule has 0 saturated carbocycles. The first-order valence-electron chi connectivity index (χ1n) is 7.05. The molecule has 8 heteroatoms. The highest BCUT2D eigenvalue weighted by Crippen LogP contribution is 2.27. The number of nitrogens with one attached hydrogen (secondary N) is 2. The van der Waals surface area contributed by atoms with Crippen LogP contribution in [0.15, 0.2) is 53.3 Å². The Morgan fingerprint density at radius 1 is 1.25 bits per heavy atom. The lowest BCUT2D eigenvalue weighted by molar-refractivity contribution is -0.132. The van der Waals surface area contributed by atoms with Gasteiger partial charge in [-0.2, -0.15) is 5.01 Å². The minimum absolute atomic E-state index is 0.221. The molecule has 0 aliphatic carbocycles. The summed E-state index contributed by atoms with van der Waals surface area (Å²) in [6.45, 7) is 1.59. The number of nitrogens with zero attached hydrogens (tertiary/aromatic N) is 2. The van der Waals surface area contributed by atoms with Gasteiger partial charge in [0.2, 0.25) is 0 Å². The largest absolute Gasteiger partial charge is 0.344 e. The Balaban J connectivity index is 1.84. The summed E-state index contributed by atoms with van der Waals surface area (Å²) in [5, 5.41) is 3.30. The molecule has 4 amide bonds. The lowest BCUT2D eigenvalue weighted by atomic mass is 9.92. The summed E-state index contributed by atoms with van der Waals surface area (Å²) in [6, 6.07) is 9.68. The Labute approximate surface area is 146 Å². The maximum absolute atomic E-state index is 12.7. The van der Waals surface area contributed by atoms with E-state index in [-0.39, 0.29) is 5.56 Å². The van der Waals surface area contributed by atoms with Gasteiger partial charge in [-0.05, 0) is 34.5 Å². The van der Waals surface area contributed by atoms with Crippen molar-refractivity contribution in [3.8, 4) is 0 Å². The van der Waals surface area contributed by atoms with Gasteiger partial charge >= 0.3 is 6.03 Å². The zero-order valence-corrected chi connectivity index (χ0v) is 14.2. The average molecular weight is 389 g/mol. The first-order valence-corrected chi connectivity index (χ1v) is 7.85. The lowest BCUT2D eigenvalue weighted by Gasteiger charge is -2.22. The van der Waals surface area contributed by atoms with Crippen molar-refractivity contribution in [2.24, 2.45) is 0 Å². The maximum Gasteiger partial charge on any atom is 0.344 e. The van der Waals surface area contributed by atoms with Crippen LogP contribution in [0.2, 0.25) is 0 Å². The molecule has 2 heterocycles. The summed E-state index contributed by atoms with van der Waals surface area (Å²) in [4.78, 5) is 41.0. The number of amides is 4. The van der Waals surface area contributed by atoms with E-state index in [4.69, 9.17) is 0 Å². The first kappa shape index (κ1) is 16.1. The van der Waals surface area contributed by atoms with Crippen LogP contribution >= 0.6 is 15.9 Å². The summed E-state index contributed by atoms with van der Waals surface area (Å²) < 4.78 is 0.612. The third-order valence-corrected chi connectivity index (χ3v) is 4.16. The van der Waals surface area contributed by atoms with Crippen LogP contribution in [-0.2, 0) is 10.3 Å². The number of hydrogen-bond donors (Lipinski definition) is 2. The molecular formula is C16H13BrN4O3. The van der Waals surface area contributed by atoms with Crippen molar-refractivity contribution in [2.75, 3.05) is 0 Å². The number of hydrazine groups is 1. The Hall–Kier alpha value is -2.74. The normalized spacial score (nSPS) is 20.0. The van der Waals surface area contributed by atoms with Crippen molar-refractivity contribution in [1.82, 2.24) is 20.7 Å². The van der Waals surface area contributed by atoms with Gasteiger partial charge in [-0.3, -0.25) is 20.0 Å². The number of carbonyl (C=O) groups excluding carboxylic acids is 3. The van der Waals surface area contributed by atoms with Crippen molar-refractivity contribution < 1.29 is 14.4 Å². The summed E-state index contributed by atoms with van der Waals surface area (Å²) in [6.07, 6.45) is 2.87. The highest BCUT2D eigenvalue weighted by molar-refractivity contribution is 9.10. The number of pyridine rings is 1. The van der Waals surface area contributed by atoms with Crippen molar-refractivity contribution in [1.29, 1.82) is 0 Å². The van der Waals surface area contributed by atoms with Crippen LogP contribution in [0.1, 0.15) is 22.8 Å². The van der Waals surface area contributed by atoms with Crippen LogP contribution in [0.4, 0.5) is 4.79 Å². The number of hydrogen-bond acceptors (Lipinski definition) is 4. The van der Waals surface area contributed by atoms with E-state index in [1.54, 1.807) is 31.2 Å². The van der Waals surface area contributed by atoms with E-state index >= 15 is 0 Å². The molecule has 0 spiro atoms. The highest BCUT2D eigenvalue weighted by Gasteiger charge is 2.50. The van der Waals surface area contributed by atoms with Gasteiger partial charge < -0.3 is 5.32 Å². The quantitative estimate of drug-likeness (QED) is 0.786. The second-order valence-electron chi connectivity index (χ2n) is 5.39. The number of rotatable bonds is 3. The van der Waals surface area contributed by atoms with Crippen LogP contribution in [0.3, 0.4) is 0 Å². The van der Waals surface area contributed by atoms with E-state index in [9.17, 15) is 14.4 Å². The molecule has 1 aromatic heterocycles. The zero-order chi connectivity index (χ0) is 17.3. The summed E-state index contributed by atoms with van der Waals surface area (Å²) >= 11 is 3.21. The molecule has 1 aromatic carbocycles. The van der Waals surface area contributed by atoms with E-state index in [0.29, 0.717) is 15.0 Å². The fourth-order valence-corrected chi connectivity index (χ4v) is 2.77. The molecule has 2 N–H and O–H groups in total. The predicted octanol–water partition coefficient (Wildman–Crippen LogP) is 1.96. The number of benzene rings is 1. The van der Waals surface area contributed by atoms with Crippen molar-refractivity contribution in [3.63, 3.8) is 0 Å². The third kappa shape index (κ3) is 2.76. The van der Waals surface area contributed by atoms with Gasteiger partial charge in [0.15, 0.2) is 0 Å². The number of aromatic nitrogens is 1. The molecule has 122 valence electrons. The number of carbonyl (C=O) groups is 3. The predicted molar refractivity (Wildman–Crippen MR) is 88.6 cm³/mol. The second kappa shape index (κ2) is 6.04. The van der Waals surface area contributed by atoms with Crippen LogP contribution in [0.25, 0.3) is 0 Å². The summed E-state index contributed by atoms with van der Waals surface area (Å²) in [5.74, 6) is -1.17. The number of halogens is 1. The van der Waals surface area contributed by atoms with Gasteiger partial charge in [0.25, 0.3) is 11.8 Å². The van der Waals surface area contributed by atoms with Crippen LogP contribution < -0.4 is 10.7 Å². The molecule has 2 aromatic rings. The smallest absolute Gasteiger partial charge is 0.318 e. The molecule has 0 bridgehead atoms. The third-order valence-electron chi connectivity index (χ3n) is 3.72. The fourth-order valence-electron chi connectivity index (χ4n) is 2.41. The van der Waals surface area contributed by atoms with Crippen molar-refractivity contribution >= 4 is 33.8 Å². The van der Waals surface area contributed by atoms with Crippen molar-refractivity contribution in [3.05, 3.63) is 64.4 Å². The standard InChI is InChI=1S/C16H13BrN4O3/c1-16(11-5-3-2-4-6-11)14(23)21(15(24)19-16)20-13(22)10-7-12(17)9-18-8-10/h2-9H,1H3,(H,19,24)(H,20,22). The van der Waals surface area contributed by atoms with Crippen LogP contribution in [0.5, 0.6) is 0 Å². The summed E-state index contributed by atoms with van der Waals surface area (Å²) in [5.41, 5.74) is 1.93. The Morgan fingerprint density at radius 2 is 1.96 bits per heavy atom. The van der Waals surface area contributed by atoms with E-state index < -0.39 is 23.4 Å². The molecule has 7 nitrogen and oxygen atoms in total. The summed E-state index contributed by atoms with van der Waals surface area (Å²) in [7, 11) is 0. The van der Waals surface area contributed by atoms with Gasteiger partial charge in [-0.1, -0.05) is 30.3 Å². The Kier molecular flexibility index (Phi) is 4.06. The average Bonchev–Trinajstić information content (AvgIpc) is 2.80. The SMILES string of the molecule is CC1(c2ccccc2)NC(=O)N(NC(=O)c2cncc(Br)c2)C1=O. The molecule has 1 atom stereocenters.